The third-order valence-corrected chi connectivity index (χ3v) is 4.14. The first kappa shape index (κ1) is 18.2. The molecule has 1 rings (SSSR count). The van der Waals surface area contributed by atoms with Gasteiger partial charge in [0.25, 0.3) is 0 Å². The maximum Gasteiger partial charge on any atom is 0.0701 e. The molecule has 6 heteroatoms. The Morgan fingerprint density at radius 1 is 0.900 bits per heavy atom. The molecule has 0 atom stereocenters. The van der Waals surface area contributed by atoms with E-state index in [4.69, 9.17) is 23.7 Å². The smallest absolute Gasteiger partial charge is 0.0701 e. The van der Waals surface area contributed by atoms with Gasteiger partial charge in [-0.2, -0.15) is 12.6 Å². The molecule has 0 aliphatic carbocycles. The summed E-state index contributed by atoms with van der Waals surface area (Å²) in [4.78, 5) is 0. The van der Waals surface area contributed by atoms with E-state index in [1.807, 2.05) is 0 Å². The standard InChI is InChI=1S/C14H28O5S/c1-15-6-7-17-8-9-18-10-11-19-12-14(13-20)2-4-16-5-3-14/h20H,2-13H2,1H3. The second kappa shape index (κ2) is 11.8. The maximum atomic E-state index is 5.72. The summed E-state index contributed by atoms with van der Waals surface area (Å²) >= 11 is 4.45. The fourth-order valence-electron chi connectivity index (χ4n) is 2.02. The lowest BCUT2D eigenvalue weighted by Gasteiger charge is -2.35. The molecule has 0 amide bonds. The quantitative estimate of drug-likeness (QED) is 0.436. The molecule has 1 fully saturated rings. The number of thiol groups is 1. The molecule has 0 bridgehead atoms. The van der Waals surface area contributed by atoms with Crippen LogP contribution in [-0.4, -0.2) is 72.3 Å². The van der Waals surface area contributed by atoms with Gasteiger partial charge in [-0.15, -0.1) is 0 Å². The zero-order chi connectivity index (χ0) is 14.5. The first-order valence-electron chi connectivity index (χ1n) is 7.24. The Morgan fingerprint density at radius 2 is 1.45 bits per heavy atom. The van der Waals surface area contributed by atoms with Crippen LogP contribution in [0.3, 0.4) is 0 Å². The van der Waals surface area contributed by atoms with Crippen LogP contribution in [0.1, 0.15) is 12.8 Å². The molecule has 1 aliphatic heterocycles. The van der Waals surface area contributed by atoms with Crippen molar-refractivity contribution in [3.05, 3.63) is 0 Å². The van der Waals surface area contributed by atoms with Gasteiger partial charge in [0.1, 0.15) is 0 Å². The normalized spacial score (nSPS) is 18.3. The zero-order valence-electron chi connectivity index (χ0n) is 12.5. The van der Waals surface area contributed by atoms with Gasteiger partial charge in [-0.3, -0.25) is 0 Å². The Balaban J connectivity index is 1.91. The predicted molar refractivity (Wildman–Crippen MR) is 80.7 cm³/mol. The van der Waals surface area contributed by atoms with E-state index in [0.29, 0.717) is 39.6 Å². The lowest BCUT2D eigenvalue weighted by atomic mass is 9.83. The average Bonchev–Trinajstić information content (AvgIpc) is 2.50. The molecule has 120 valence electrons. The van der Waals surface area contributed by atoms with E-state index in [2.05, 4.69) is 12.6 Å². The second-order valence-corrected chi connectivity index (χ2v) is 5.36. The average molecular weight is 308 g/mol. The summed E-state index contributed by atoms with van der Waals surface area (Å²) in [6.07, 6.45) is 2.06. The molecule has 1 aliphatic rings. The van der Waals surface area contributed by atoms with E-state index in [0.717, 1.165) is 38.4 Å². The van der Waals surface area contributed by atoms with Gasteiger partial charge in [0, 0.05) is 25.7 Å². The van der Waals surface area contributed by atoms with Crippen LogP contribution < -0.4 is 0 Å². The molecule has 0 spiro atoms. The lowest BCUT2D eigenvalue weighted by molar-refractivity contribution is -0.0441. The van der Waals surface area contributed by atoms with Crippen molar-refractivity contribution in [2.24, 2.45) is 5.41 Å². The molecular formula is C14H28O5S. The minimum absolute atomic E-state index is 0.185. The minimum atomic E-state index is 0.185. The van der Waals surface area contributed by atoms with Crippen LogP contribution in [0, 0.1) is 5.41 Å². The fourth-order valence-corrected chi connectivity index (χ4v) is 2.43. The largest absolute Gasteiger partial charge is 0.382 e. The molecule has 0 N–H and O–H groups in total. The number of ether oxygens (including phenoxy) is 5. The predicted octanol–water partition coefficient (Wildman–Crippen LogP) is 1.41. The van der Waals surface area contributed by atoms with Crippen molar-refractivity contribution in [1.29, 1.82) is 0 Å². The van der Waals surface area contributed by atoms with E-state index < -0.39 is 0 Å². The van der Waals surface area contributed by atoms with Crippen LogP contribution in [0.25, 0.3) is 0 Å². The Kier molecular flexibility index (Phi) is 10.7. The van der Waals surface area contributed by atoms with Crippen LogP contribution in [0.4, 0.5) is 0 Å². The van der Waals surface area contributed by atoms with Crippen molar-refractivity contribution < 1.29 is 23.7 Å². The highest BCUT2D eigenvalue weighted by molar-refractivity contribution is 7.80. The molecule has 0 aromatic rings. The van der Waals surface area contributed by atoms with Crippen molar-refractivity contribution in [3.63, 3.8) is 0 Å². The summed E-state index contributed by atoms with van der Waals surface area (Å²) in [6.45, 7) is 6.04. The van der Waals surface area contributed by atoms with Gasteiger partial charge in [-0.1, -0.05) is 0 Å². The molecular weight excluding hydrogens is 280 g/mol. The highest BCUT2D eigenvalue weighted by Crippen LogP contribution is 2.31. The van der Waals surface area contributed by atoms with Crippen molar-refractivity contribution in [2.45, 2.75) is 12.8 Å². The summed E-state index contributed by atoms with van der Waals surface area (Å²) in [7, 11) is 1.66. The van der Waals surface area contributed by atoms with Gasteiger partial charge in [-0.25, -0.2) is 0 Å². The maximum absolute atomic E-state index is 5.72. The summed E-state index contributed by atoms with van der Waals surface area (Å²) < 4.78 is 26.7. The van der Waals surface area contributed by atoms with E-state index in [1.165, 1.54) is 0 Å². The van der Waals surface area contributed by atoms with Gasteiger partial charge in [0.05, 0.1) is 46.2 Å². The first-order valence-corrected chi connectivity index (χ1v) is 7.87. The summed E-state index contributed by atoms with van der Waals surface area (Å²) in [5.74, 6) is 0.852. The third-order valence-electron chi connectivity index (χ3n) is 3.47. The summed E-state index contributed by atoms with van der Waals surface area (Å²) in [6, 6.07) is 0. The van der Waals surface area contributed by atoms with Crippen molar-refractivity contribution in [2.75, 3.05) is 72.3 Å². The first-order chi connectivity index (χ1) is 9.83. The van der Waals surface area contributed by atoms with Crippen LogP contribution in [0.15, 0.2) is 0 Å². The van der Waals surface area contributed by atoms with E-state index in [9.17, 15) is 0 Å². The van der Waals surface area contributed by atoms with Crippen molar-refractivity contribution >= 4 is 12.6 Å². The topological polar surface area (TPSA) is 46.2 Å². The monoisotopic (exact) mass is 308 g/mol. The Labute approximate surface area is 127 Å². The van der Waals surface area contributed by atoms with Crippen molar-refractivity contribution in [3.8, 4) is 0 Å². The summed E-state index contributed by atoms with van der Waals surface area (Å²) in [5.41, 5.74) is 0.185. The Hall–Kier alpha value is 0.150. The van der Waals surface area contributed by atoms with Crippen molar-refractivity contribution in [1.82, 2.24) is 0 Å². The van der Waals surface area contributed by atoms with Gasteiger partial charge in [0.2, 0.25) is 0 Å². The Bertz CT molecular complexity index is 222. The van der Waals surface area contributed by atoms with Gasteiger partial charge < -0.3 is 23.7 Å². The molecule has 0 aromatic heterocycles. The zero-order valence-corrected chi connectivity index (χ0v) is 13.4. The molecule has 0 aromatic carbocycles. The molecule has 0 radical (unpaired) electrons. The molecule has 5 nitrogen and oxygen atoms in total. The highest BCUT2D eigenvalue weighted by Gasteiger charge is 2.31. The van der Waals surface area contributed by atoms with E-state index in [1.54, 1.807) is 7.11 Å². The van der Waals surface area contributed by atoms with Crippen LogP contribution >= 0.6 is 12.6 Å². The molecule has 0 unspecified atom stereocenters. The number of methoxy groups -OCH3 is 1. The number of rotatable bonds is 12. The SMILES string of the molecule is COCCOCCOCCOCC1(CS)CCOCC1. The lowest BCUT2D eigenvalue weighted by Crippen LogP contribution is -2.36. The van der Waals surface area contributed by atoms with Gasteiger partial charge in [0.15, 0.2) is 0 Å². The number of hydrogen-bond acceptors (Lipinski definition) is 6. The molecule has 1 saturated heterocycles. The number of hydrogen-bond donors (Lipinski definition) is 1. The molecule has 1 heterocycles. The second-order valence-electron chi connectivity index (χ2n) is 5.04. The molecule has 20 heavy (non-hydrogen) atoms. The fraction of sp³-hybridized carbons (Fsp3) is 1.00. The van der Waals surface area contributed by atoms with Crippen LogP contribution in [0.2, 0.25) is 0 Å². The summed E-state index contributed by atoms with van der Waals surface area (Å²) in [5, 5.41) is 0. The van der Waals surface area contributed by atoms with E-state index >= 15 is 0 Å². The third kappa shape index (κ3) is 7.81. The van der Waals surface area contributed by atoms with Gasteiger partial charge >= 0.3 is 0 Å². The highest BCUT2D eigenvalue weighted by atomic mass is 32.1. The molecule has 0 saturated carbocycles. The van der Waals surface area contributed by atoms with Crippen LogP contribution in [-0.2, 0) is 23.7 Å². The van der Waals surface area contributed by atoms with E-state index in [-0.39, 0.29) is 5.41 Å². The van der Waals surface area contributed by atoms with Gasteiger partial charge in [-0.05, 0) is 18.6 Å². The Morgan fingerprint density at radius 3 is 2.00 bits per heavy atom. The van der Waals surface area contributed by atoms with Crippen LogP contribution in [0.5, 0.6) is 0 Å². The minimum Gasteiger partial charge on any atom is -0.382 e.